The lowest BCUT2D eigenvalue weighted by atomic mass is 9.75. The molecule has 0 bridgehead atoms. The van der Waals surface area contributed by atoms with Crippen LogP contribution in [0.25, 0.3) is 0 Å². The first kappa shape index (κ1) is 13.8. The highest BCUT2D eigenvalue weighted by molar-refractivity contribution is 6.31. The maximum Gasteiger partial charge on any atom is 0.0440 e. The molecule has 0 spiro atoms. The molecule has 0 unspecified atom stereocenters. The summed E-state index contributed by atoms with van der Waals surface area (Å²) < 4.78 is 0. The largest absolute Gasteiger partial charge is 0.382 e. The Kier molecular flexibility index (Phi) is 3.91. The SMILES string of the molecule is Cc1cc(Cl)ccc1NC1CC(c2ccccc2Cl)C1. The lowest BCUT2D eigenvalue weighted by molar-refractivity contribution is 0.374. The molecule has 3 heteroatoms. The summed E-state index contributed by atoms with van der Waals surface area (Å²) in [6, 6.07) is 14.7. The summed E-state index contributed by atoms with van der Waals surface area (Å²) in [4.78, 5) is 0. The summed E-state index contributed by atoms with van der Waals surface area (Å²) in [5.41, 5.74) is 3.65. The molecule has 1 nitrogen and oxygen atoms in total. The molecule has 0 aliphatic heterocycles. The van der Waals surface area contributed by atoms with Gasteiger partial charge in [-0.2, -0.15) is 0 Å². The third kappa shape index (κ3) is 2.79. The quantitative estimate of drug-likeness (QED) is 0.771. The fraction of sp³-hybridized carbons (Fsp3) is 0.294. The second kappa shape index (κ2) is 5.67. The topological polar surface area (TPSA) is 12.0 Å². The van der Waals surface area contributed by atoms with Crippen LogP contribution in [0.1, 0.15) is 29.9 Å². The zero-order valence-corrected chi connectivity index (χ0v) is 12.9. The van der Waals surface area contributed by atoms with Gasteiger partial charge in [-0.3, -0.25) is 0 Å². The van der Waals surface area contributed by atoms with Crippen LogP contribution >= 0.6 is 23.2 Å². The molecule has 1 fully saturated rings. The number of hydrogen-bond acceptors (Lipinski definition) is 1. The molecular weight excluding hydrogens is 289 g/mol. The van der Waals surface area contributed by atoms with Crippen molar-refractivity contribution < 1.29 is 0 Å². The Bertz CT molecular complexity index is 618. The predicted molar refractivity (Wildman–Crippen MR) is 87.0 cm³/mol. The molecule has 104 valence electrons. The Morgan fingerprint density at radius 3 is 2.50 bits per heavy atom. The molecule has 0 radical (unpaired) electrons. The van der Waals surface area contributed by atoms with E-state index in [9.17, 15) is 0 Å². The Hall–Kier alpha value is -1.18. The molecule has 2 aromatic rings. The first-order valence-electron chi connectivity index (χ1n) is 6.90. The summed E-state index contributed by atoms with van der Waals surface area (Å²) in [6.07, 6.45) is 2.26. The van der Waals surface area contributed by atoms with Gasteiger partial charge in [0.05, 0.1) is 0 Å². The average molecular weight is 306 g/mol. The van der Waals surface area contributed by atoms with Crippen molar-refractivity contribution in [2.24, 2.45) is 0 Å². The van der Waals surface area contributed by atoms with E-state index in [2.05, 4.69) is 30.4 Å². The minimum atomic E-state index is 0.524. The van der Waals surface area contributed by atoms with Gasteiger partial charge in [0.2, 0.25) is 0 Å². The van der Waals surface area contributed by atoms with Crippen LogP contribution in [0.5, 0.6) is 0 Å². The van der Waals surface area contributed by atoms with Crippen molar-refractivity contribution in [3.63, 3.8) is 0 Å². The maximum atomic E-state index is 6.25. The molecule has 0 saturated heterocycles. The van der Waals surface area contributed by atoms with E-state index < -0.39 is 0 Å². The van der Waals surface area contributed by atoms with Gasteiger partial charge in [-0.15, -0.1) is 0 Å². The van der Waals surface area contributed by atoms with Gasteiger partial charge >= 0.3 is 0 Å². The van der Waals surface area contributed by atoms with E-state index in [-0.39, 0.29) is 0 Å². The van der Waals surface area contributed by atoms with Gasteiger partial charge in [0, 0.05) is 21.8 Å². The molecule has 0 aromatic heterocycles. The third-order valence-corrected chi connectivity index (χ3v) is 4.61. The second-order valence-corrected chi connectivity index (χ2v) is 6.33. The summed E-state index contributed by atoms with van der Waals surface area (Å²) in [5.74, 6) is 0.578. The maximum absolute atomic E-state index is 6.25. The van der Waals surface area contributed by atoms with Crippen LogP contribution in [0.3, 0.4) is 0 Å². The van der Waals surface area contributed by atoms with E-state index in [0.717, 1.165) is 22.9 Å². The molecule has 1 aliphatic carbocycles. The molecule has 2 aromatic carbocycles. The molecule has 1 N–H and O–H groups in total. The van der Waals surface area contributed by atoms with Crippen molar-refractivity contribution in [1.82, 2.24) is 0 Å². The Labute approximate surface area is 129 Å². The molecule has 0 amide bonds. The van der Waals surface area contributed by atoms with E-state index in [4.69, 9.17) is 23.2 Å². The van der Waals surface area contributed by atoms with Crippen LogP contribution in [0.15, 0.2) is 42.5 Å². The zero-order chi connectivity index (χ0) is 14.1. The molecule has 3 rings (SSSR count). The van der Waals surface area contributed by atoms with Crippen molar-refractivity contribution in [3.05, 3.63) is 63.6 Å². The number of halogens is 2. The van der Waals surface area contributed by atoms with Crippen molar-refractivity contribution >= 4 is 28.9 Å². The van der Waals surface area contributed by atoms with E-state index in [1.807, 2.05) is 24.3 Å². The third-order valence-electron chi connectivity index (χ3n) is 4.03. The minimum absolute atomic E-state index is 0.524. The van der Waals surface area contributed by atoms with Gasteiger partial charge in [0.25, 0.3) is 0 Å². The molecule has 1 aliphatic rings. The van der Waals surface area contributed by atoms with Gasteiger partial charge in [0.15, 0.2) is 0 Å². The fourth-order valence-corrected chi connectivity index (χ4v) is 3.32. The monoisotopic (exact) mass is 305 g/mol. The summed E-state index contributed by atoms with van der Waals surface area (Å²) in [6.45, 7) is 2.08. The smallest absolute Gasteiger partial charge is 0.0440 e. The van der Waals surface area contributed by atoms with Gasteiger partial charge in [0.1, 0.15) is 0 Å². The Balaban J connectivity index is 1.62. The zero-order valence-electron chi connectivity index (χ0n) is 11.4. The van der Waals surface area contributed by atoms with E-state index in [1.165, 1.54) is 16.8 Å². The number of hydrogen-bond donors (Lipinski definition) is 1. The lowest BCUT2D eigenvalue weighted by Crippen LogP contribution is -2.34. The number of aryl methyl sites for hydroxylation is 1. The Morgan fingerprint density at radius 2 is 1.80 bits per heavy atom. The lowest BCUT2D eigenvalue weighted by Gasteiger charge is -2.37. The van der Waals surface area contributed by atoms with Crippen LogP contribution < -0.4 is 5.32 Å². The van der Waals surface area contributed by atoms with Crippen molar-refractivity contribution in [2.45, 2.75) is 31.7 Å². The average Bonchev–Trinajstić information content (AvgIpc) is 2.37. The van der Waals surface area contributed by atoms with Gasteiger partial charge in [-0.1, -0.05) is 41.4 Å². The first-order chi connectivity index (χ1) is 9.63. The van der Waals surface area contributed by atoms with Crippen LogP contribution in [0.4, 0.5) is 5.69 Å². The summed E-state index contributed by atoms with van der Waals surface area (Å²) in [7, 11) is 0. The standard InChI is InChI=1S/C17H17Cl2N/c1-11-8-13(18)6-7-17(11)20-14-9-12(10-14)15-4-2-3-5-16(15)19/h2-8,12,14,20H,9-10H2,1H3. The van der Waals surface area contributed by atoms with Gasteiger partial charge in [-0.25, -0.2) is 0 Å². The predicted octanol–water partition coefficient (Wildman–Crippen LogP) is 5.66. The van der Waals surface area contributed by atoms with Crippen LogP contribution in [-0.2, 0) is 0 Å². The normalized spacial score (nSPS) is 21.4. The van der Waals surface area contributed by atoms with E-state index in [1.54, 1.807) is 0 Å². The first-order valence-corrected chi connectivity index (χ1v) is 7.66. The highest BCUT2D eigenvalue weighted by Gasteiger charge is 2.31. The summed E-state index contributed by atoms with van der Waals surface area (Å²) >= 11 is 12.2. The molecule has 1 saturated carbocycles. The van der Waals surface area contributed by atoms with Crippen molar-refractivity contribution in [3.8, 4) is 0 Å². The minimum Gasteiger partial charge on any atom is -0.382 e. The van der Waals surface area contributed by atoms with Crippen LogP contribution in [0.2, 0.25) is 10.0 Å². The highest BCUT2D eigenvalue weighted by atomic mass is 35.5. The molecule has 0 heterocycles. The Morgan fingerprint density at radius 1 is 1.05 bits per heavy atom. The van der Waals surface area contributed by atoms with Crippen LogP contribution in [-0.4, -0.2) is 6.04 Å². The highest BCUT2D eigenvalue weighted by Crippen LogP contribution is 2.41. The van der Waals surface area contributed by atoms with Gasteiger partial charge < -0.3 is 5.32 Å². The number of benzene rings is 2. The van der Waals surface area contributed by atoms with E-state index in [0.29, 0.717) is 12.0 Å². The number of rotatable bonds is 3. The molecular formula is C17H17Cl2N. The van der Waals surface area contributed by atoms with E-state index >= 15 is 0 Å². The second-order valence-electron chi connectivity index (χ2n) is 5.49. The van der Waals surface area contributed by atoms with Crippen molar-refractivity contribution in [2.75, 3.05) is 5.32 Å². The molecule has 20 heavy (non-hydrogen) atoms. The van der Waals surface area contributed by atoms with Gasteiger partial charge in [-0.05, 0) is 61.1 Å². The number of nitrogens with one attached hydrogen (secondary N) is 1. The number of anilines is 1. The fourth-order valence-electron chi connectivity index (χ4n) is 2.80. The molecule has 0 atom stereocenters. The summed E-state index contributed by atoms with van der Waals surface area (Å²) in [5, 5.41) is 5.27. The van der Waals surface area contributed by atoms with Crippen LogP contribution in [0, 0.1) is 6.92 Å². The van der Waals surface area contributed by atoms with Crippen molar-refractivity contribution in [1.29, 1.82) is 0 Å².